The normalized spacial score (nSPS) is 17.2. The van der Waals surface area contributed by atoms with Crippen LogP contribution >= 0.6 is 0 Å². The number of hydrogen-bond acceptors (Lipinski definition) is 4. The summed E-state index contributed by atoms with van der Waals surface area (Å²) >= 11 is 0. The molecule has 0 atom stereocenters. The third-order valence-electron chi connectivity index (χ3n) is 3.02. The van der Waals surface area contributed by atoms with E-state index in [-0.39, 0.29) is 5.97 Å². The molecule has 5 heteroatoms. The Morgan fingerprint density at radius 1 is 1.59 bits per heavy atom. The van der Waals surface area contributed by atoms with Gasteiger partial charge in [0.2, 0.25) is 0 Å². The predicted molar refractivity (Wildman–Crippen MR) is 62.4 cm³/mol. The molecule has 5 nitrogen and oxygen atoms in total. The van der Waals surface area contributed by atoms with Gasteiger partial charge in [0.15, 0.2) is 0 Å². The zero-order chi connectivity index (χ0) is 12.5. The van der Waals surface area contributed by atoms with E-state index in [0.717, 1.165) is 25.2 Å². The third-order valence-corrected chi connectivity index (χ3v) is 3.02. The summed E-state index contributed by atoms with van der Waals surface area (Å²) in [5.41, 5.74) is -0.512. The van der Waals surface area contributed by atoms with E-state index in [1.807, 2.05) is 11.5 Å². The van der Waals surface area contributed by atoms with Gasteiger partial charge in [-0.2, -0.15) is 0 Å². The van der Waals surface area contributed by atoms with Crippen LogP contribution in [0.3, 0.4) is 0 Å². The van der Waals surface area contributed by atoms with E-state index in [1.165, 1.54) is 0 Å². The van der Waals surface area contributed by atoms with E-state index >= 15 is 0 Å². The van der Waals surface area contributed by atoms with Crippen molar-refractivity contribution in [1.29, 1.82) is 0 Å². The van der Waals surface area contributed by atoms with Crippen LogP contribution in [0.5, 0.6) is 0 Å². The van der Waals surface area contributed by atoms with Gasteiger partial charge < -0.3 is 9.30 Å². The maximum Gasteiger partial charge on any atom is 0.319 e. The highest BCUT2D eigenvalue weighted by molar-refractivity contribution is 5.85. The molecule has 1 saturated carbocycles. The molecular weight excluding hydrogens is 218 g/mol. The van der Waals surface area contributed by atoms with Gasteiger partial charge in [-0.05, 0) is 25.7 Å². The molecule has 0 spiro atoms. The zero-order valence-corrected chi connectivity index (χ0v) is 10.6. The fourth-order valence-corrected chi connectivity index (χ4v) is 2.07. The number of ether oxygens (including phenoxy) is 1. The van der Waals surface area contributed by atoms with Crippen LogP contribution < -0.4 is 0 Å². The van der Waals surface area contributed by atoms with Crippen molar-refractivity contribution < 1.29 is 9.53 Å². The van der Waals surface area contributed by atoms with Gasteiger partial charge in [0.25, 0.3) is 0 Å². The standard InChI is InChI=1S/C12H19N3O2/c1-4-17-11(16)12(5-6-12)10-14-13-8-15(10)7-9(2)3/h8-9H,4-7H2,1-3H3. The van der Waals surface area contributed by atoms with E-state index in [0.29, 0.717) is 12.5 Å². The van der Waals surface area contributed by atoms with Gasteiger partial charge >= 0.3 is 5.97 Å². The molecule has 1 heterocycles. The third kappa shape index (κ3) is 2.18. The summed E-state index contributed by atoms with van der Waals surface area (Å²) in [6.07, 6.45) is 3.35. The molecule has 0 N–H and O–H groups in total. The molecule has 1 aromatic heterocycles. The Labute approximate surface area is 101 Å². The van der Waals surface area contributed by atoms with Crippen molar-refractivity contribution in [3.05, 3.63) is 12.2 Å². The van der Waals surface area contributed by atoms with Gasteiger partial charge in [0.1, 0.15) is 17.6 Å². The lowest BCUT2D eigenvalue weighted by molar-refractivity contribution is -0.146. The Morgan fingerprint density at radius 2 is 2.29 bits per heavy atom. The Balaban J connectivity index is 2.22. The van der Waals surface area contributed by atoms with Crippen molar-refractivity contribution in [3.63, 3.8) is 0 Å². The zero-order valence-electron chi connectivity index (χ0n) is 10.6. The second-order valence-electron chi connectivity index (χ2n) is 5.00. The minimum atomic E-state index is -0.512. The molecule has 0 amide bonds. The van der Waals surface area contributed by atoms with Crippen LogP contribution in [-0.4, -0.2) is 27.3 Å². The molecule has 94 valence electrons. The Hall–Kier alpha value is -1.39. The molecular formula is C12H19N3O2. The molecule has 0 aliphatic heterocycles. The SMILES string of the molecule is CCOC(=O)C1(c2nncn2CC(C)C)CC1. The van der Waals surface area contributed by atoms with Crippen LogP contribution in [0.1, 0.15) is 39.4 Å². The van der Waals surface area contributed by atoms with Crippen LogP contribution in [0, 0.1) is 5.92 Å². The van der Waals surface area contributed by atoms with Crippen LogP contribution in [0.2, 0.25) is 0 Å². The van der Waals surface area contributed by atoms with Gasteiger partial charge in [-0.3, -0.25) is 4.79 Å². The fraction of sp³-hybridized carbons (Fsp3) is 0.750. The number of aromatic nitrogens is 3. The van der Waals surface area contributed by atoms with Gasteiger partial charge in [0, 0.05) is 6.54 Å². The van der Waals surface area contributed by atoms with Gasteiger partial charge in [-0.1, -0.05) is 13.8 Å². The smallest absolute Gasteiger partial charge is 0.319 e. The van der Waals surface area contributed by atoms with Crippen molar-refractivity contribution in [1.82, 2.24) is 14.8 Å². The van der Waals surface area contributed by atoms with Crippen molar-refractivity contribution >= 4 is 5.97 Å². The Morgan fingerprint density at radius 3 is 2.82 bits per heavy atom. The summed E-state index contributed by atoms with van der Waals surface area (Å²) in [4.78, 5) is 12.0. The highest BCUT2D eigenvalue weighted by Gasteiger charge is 2.56. The number of carbonyl (C=O) groups excluding carboxylic acids is 1. The molecule has 0 saturated heterocycles. The number of carbonyl (C=O) groups is 1. The van der Waals surface area contributed by atoms with Crippen LogP contribution in [-0.2, 0) is 21.5 Å². The predicted octanol–water partition coefficient (Wildman–Crippen LogP) is 1.53. The first kappa shape index (κ1) is 12.1. The number of esters is 1. The first-order valence-electron chi connectivity index (χ1n) is 6.15. The van der Waals surface area contributed by atoms with Gasteiger partial charge in [-0.15, -0.1) is 10.2 Å². The van der Waals surface area contributed by atoms with Crippen LogP contribution in [0.4, 0.5) is 0 Å². The number of nitrogens with zero attached hydrogens (tertiary/aromatic N) is 3. The molecule has 1 aliphatic carbocycles. The summed E-state index contributed by atoms with van der Waals surface area (Å²) in [6.45, 7) is 7.34. The summed E-state index contributed by atoms with van der Waals surface area (Å²) < 4.78 is 7.11. The minimum Gasteiger partial charge on any atom is -0.465 e. The quantitative estimate of drug-likeness (QED) is 0.729. The second kappa shape index (κ2) is 4.47. The molecule has 1 aliphatic rings. The van der Waals surface area contributed by atoms with Gasteiger partial charge in [0.05, 0.1) is 6.61 Å². The average molecular weight is 237 g/mol. The largest absolute Gasteiger partial charge is 0.465 e. The van der Waals surface area contributed by atoms with Crippen molar-refractivity contribution in [2.75, 3.05) is 6.61 Å². The minimum absolute atomic E-state index is 0.155. The fourth-order valence-electron chi connectivity index (χ4n) is 2.07. The number of rotatable bonds is 5. The molecule has 0 unspecified atom stereocenters. The lowest BCUT2D eigenvalue weighted by atomic mass is 10.1. The monoisotopic (exact) mass is 237 g/mol. The second-order valence-corrected chi connectivity index (χ2v) is 5.00. The van der Waals surface area contributed by atoms with E-state index in [2.05, 4.69) is 24.0 Å². The molecule has 0 aromatic carbocycles. The van der Waals surface area contributed by atoms with E-state index < -0.39 is 5.41 Å². The molecule has 0 bridgehead atoms. The first-order valence-corrected chi connectivity index (χ1v) is 6.15. The van der Waals surface area contributed by atoms with Crippen molar-refractivity contribution in [2.24, 2.45) is 5.92 Å². The molecule has 0 radical (unpaired) electrons. The van der Waals surface area contributed by atoms with Crippen molar-refractivity contribution in [3.8, 4) is 0 Å². The van der Waals surface area contributed by atoms with Crippen molar-refractivity contribution in [2.45, 2.75) is 45.6 Å². The lowest BCUT2D eigenvalue weighted by Gasteiger charge is -2.15. The maximum absolute atomic E-state index is 12.0. The highest BCUT2D eigenvalue weighted by Crippen LogP contribution is 2.48. The van der Waals surface area contributed by atoms with E-state index in [1.54, 1.807) is 6.33 Å². The van der Waals surface area contributed by atoms with E-state index in [4.69, 9.17) is 4.74 Å². The lowest BCUT2D eigenvalue weighted by Crippen LogP contribution is -2.27. The maximum atomic E-state index is 12.0. The van der Waals surface area contributed by atoms with E-state index in [9.17, 15) is 4.79 Å². The molecule has 17 heavy (non-hydrogen) atoms. The summed E-state index contributed by atoms with van der Waals surface area (Å²) in [5, 5.41) is 8.05. The summed E-state index contributed by atoms with van der Waals surface area (Å²) in [5.74, 6) is 1.12. The highest BCUT2D eigenvalue weighted by atomic mass is 16.5. The number of hydrogen-bond donors (Lipinski definition) is 0. The average Bonchev–Trinajstić information content (AvgIpc) is 2.95. The Bertz CT molecular complexity index is 408. The topological polar surface area (TPSA) is 57.0 Å². The van der Waals surface area contributed by atoms with Crippen LogP contribution in [0.25, 0.3) is 0 Å². The summed E-state index contributed by atoms with van der Waals surface area (Å²) in [6, 6.07) is 0. The van der Waals surface area contributed by atoms with Gasteiger partial charge in [-0.25, -0.2) is 0 Å². The molecule has 1 aromatic rings. The molecule has 2 rings (SSSR count). The molecule has 1 fully saturated rings. The Kier molecular flexibility index (Phi) is 3.17. The van der Waals surface area contributed by atoms with Crippen LogP contribution in [0.15, 0.2) is 6.33 Å². The first-order chi connectivity index (χ1) is 8.10. The summed E-state index contributed by atoms with van der Waals surface area (Å²) in [7, 11) is 0.